The molecule has 0 radical (unpaired) electrons. The Bertz CT molecular complexity index is 368. The van der Waals surface area contributed by atoms with Gasteiger partial charge in [0.15, 0.2) is 0 Å². The van der Waals surface area contributed by atoms with Gasteiger partial charge in [-0.2, -0.15) is 0 Å². The lowest BCUT2D eigenvalue weighted by atomic mass is 9.88. The molecule has 1 rings (SSSR count). The quantitative estimate of drug-likeness (QED) is 0.813. The molecule has 1 aromatic rings. The molecule has 2 N–H and O–H groups in total. The van der Waals surface area contributed by atoms with Crippen molar-refractivity contribution >= 4 is 15.9 Å². The summed E-state index contributed by atoms with van der Waals surface area (Å²) in [6.45, 7) is 5.58. The minimum atomic E-state index is -0.276. The largest absolute Gasteiger partial charge is 0.494 e. The van der Waals surface area contributed by atoms with Gasteiger partial charge in [-0.3, -0.25) is 0 Å². The second-order valence-electron chi connectivity index (χ2n) is 4.90. The van der Waals surface area contributed by atoms with Crippen LogP contribution in [0, 0.1) is 11.2 Å². The van der Waals surface area contributed by atoms with Gasteiger partial charge in [-0.15, -0.1) is 0 Å². The van der Waals surface area contributed by atoms with E-state index in [0.29, 0.717) is 23.4 Å². The first-order valence-corrected chi connectivity index (χ1v) is 6.52. The van der Waals surface area contributed by atoms with Crippen molar-refractivity contribution in [2.75, 3.05) is 13.2 Å². The molecule has 0 amide bonds. The average molecular weight is 304 g/mol. The van der Waals surface area contributed by atoms with E-state index in [2.05, 4.69) is 29.8 Å². The molecule has 0 heterocycles. The highest BCUT2D eigenvalue weighted by Crippen LogP contribution is 2.23. The van der Waals surface area contributed by atoms with Crippen molar-refractivity contribution in [3.63, 3.8) is 0 Å². The van der Waals surface area contributed by atoms with Gasteiger partial charge in [0.05, 0.1) is 11.1 Å². The first kappa shape index (κ1) is 14.5. The Morgan fingerprint density at radius 3 is 2.71 bits per heavy atom. The molecule has 0 saturated heterocycles. The van der Waals surface area contributed by atoms with Gasteiger partial charge in [0.25, 0.3) is 0 Å². The number of benzene rings is 1. The monoisotopic (exact) mass is 303 g/mol. The van der Waals surface area contributed by atoms with Gasteiger partial charge in [0.2, 0.25) is 0 Å². The molecule has 17 heavy (non-hydrogen) atoms. The summed E-state index contributed by atoms with van der Waals surface area (Å²) < 4.78 is 18.9. The summed E-state index contributed by atoms with van der Waals surface area (Å²) in [7, 11) is 0. The fraction of sp³-hybridized carbons (Fsp3) is 0.538. The van der Waals surface area contributed by atoms with E-state index in [1.54, 1.807) is 12.1 Å². The minimum absolute atomic E-state index is 0.159. The standard InChI is InChI=1S/C13H19BrFNO/c1-13(2,9-16)6-3-7-17-10-4-5-12(15)11(14)8-10/h4-5,8H,3,6-7,9,16H2,1-2H3. The number of ether oxygens (including phenoxy) is 1. The van der Waals surface area contributed by atoms with Crippen molar-refractivity contribution in [2.45, 2.75) is 26.7 Å². The number of halogens is 2. The molecule has 0 atom stereocenters. The first-order chi connectivity index (χ1) is 7.94. The van der Waals surface area contributed by atoms with Crippen LogP contribution in [0.1, 0.15) is 26.7 Å². The van der Waals surface area contributed by atoms with Crippen LogP contribution in [0.25, 0.3) is 0 Å². The molecule has 0 aliphatic heterocycles. The zero-order chi connectivity index (χ0) is 12.9. The highest BCUT2D eigenvalue weighted by molar-refractivity contribution is 9.10. The van der Waals surface area contributed by atoms with E-state index in [0.717, 1.165) is 12.8 Å². The van der Waals surface area contributed by atoms with Crippen molar-refractivity contribution in [3.8, 4) is 5.75 Å². The lowest BCUT2D eigenvalue weighted by molar-refractivity contribution is 0.260. The molecule has 4 heteroatoms. The zero-order valence-electron chi connectivity index (χ0n) is 10.3. The van der Waals surface area contributed by atoms with E-state index in [1.807, 2.05) is 0 Å². The first-order valence-electron chi connectivity index (χ1n) is 5.72. The maximum atomic E-state index is 13.0. The normalized spacial score (nSPS) is 11.6. The molecule has 0 unspecified atom stereocenters. The Morgan fingerprint density at radius 1 is 1.41 bits per heavy atom. The van der Waals surface area contributed by atoms with Crippen LogP contribution in [0.2, 0.25) is 0 Å². The third-order valence-electron chi connectivity index (χ3n) is 2.71. The van der Waals surface area contributed by atoms with Crippen molar-refractivity contribution in [1.82, 2.24) is 0 Å². The van der Waals surface area contributed by atoms with Crippen LogP contribution in [0.5, 0.6) is 5.75 Å². The van der Waals surface area contributed by atoms with Crippen molar-refractivity contribution in [2.24, 2.45) is 11.1 Å². The van der Waals surface area contributed by atoms with E-state index in [9.17, 15) is 4.39 Å². The summed E-state index contributed by atoms with van der Waals surface area (Å²) in [5, 5.41) is 0. The lowest BCUT2D eigenvalue weighted by Gasteiger charge is -2.21. The highest BCUT2D eigenvalue weighted by Gasteiger charge is 2.14. The summed E-state index contributed by atoms with van der Waals surface area (Å²) in [6.07, 6.45) is 1.96. The number of nitrogens with two attached hydrogens (primary N) is 1. The molecular weight excluding hydrogens is 285 g/mol. The van der Waals surface area contributed by atoms with Crippen LogP contribution < -0.4 is 10.5 Å². The third-order valence-corrected chi connectivity index (χ3v) is 3.32. The van der Waals surface area contributed by atoms with Gasteiger partial charge in [-0.05, 0) is 58.9 Å². The fourth-order valence-corrected chi connectivity index (χ4v) is 1.77. The molecule has 2 nitrogen and oxygen atoms in total. The van der Waals surface area contributed by atoms with Crippen LogP contribution in [-0.4, -0.2) is 13.2 Å². The van der Waals surface area contributed by atoms with Gasteiger partial charge < -0.3 is 10.5 Å². The van der Waals surface area contributed by atoms with Gasteiger partial charge in [0, 0.05) is 0 Å². The lowest BCUT2D eigenvalue weighted by Crippen LogP contribution is -2.23. The topological polar surface area (TPSA) is 35.2 Å². The Kier molecular flexibility index (Phi) is 5.40. The van der Waals surface area contributed by atoms with E-state index in [-0.39, 0.29) is 11.2 Å². The maximum Gasteiger partial charge on any atom is 0.137 e. The smallest absolute Gasteiger partial charge is 0.137 e. The van der Waals surface area contributed by atoms with E-state index < -0.39 is 0 Å². The third kappa shape index (κ3) is 5.04. The van der Waals surface area contributed by atoms with Crippen LogP contribution >= 0.6 is 15.9 Å². The second-order valence-corrected chi connectivity index (χ2v) is 5.75. The summed E-state index contributed by atoms with van der Waals surface area (Å²) in [4.78, 5) is 0. The highest BCUT2D eigenvalue weighted by atomic mass is 79.9. The predicted octanol–water partition coefficient (Wildman–Crippen LogP) is 3.73. The Morgan fingerprint density at radius 2 is 2.12 bits per heavy atom. The van der Waals surface area contributed by atoms with E-state index in [1.165, 1.54) is 6.07 Å². The van der Waals surface area contributed by atoms with Crippen molar-refractivity contribution in [3.05, 3.63) is 28.5 Å². The molecule has 0 aliphatic rings. The molecule has 0 aliphatic carbocycles. The summed E-state index contributed by atoms with van der Waals surface area (Å²) >= 11 is 3.13. The molecule has 0 fully saturated rings. The van der Waals surface area contributed by atoms with E-state index >= 15 is 0 Å². The van der Waals surface area contributed by atoms with Crippen LogP contribution in [-0.2, 0) is 0 Å². The van der Waals surface area contributed by atoms with Crippen LogP contribution in [0.3, 0.4) is 0 Å². The number of hydrogen-bond donors (Lipinski definition) is 1. The van der Waals surface area contributed by atoms with Gasteiger partial charge in [-0.25, -0.2) is 4.39 Å². The van der Waals surface area contributed by atoms with Crippen molar-refractivity contribution in [1.29, 1.82) is 0 Å². The van der Waals surface area contributed by atoms with Gasteiger partial charge >= 0.3 is 0 Å². The van der Waals surface area contributed by atoms with Crippen molar-refractivity contribution < 1.29 is 9.13 Å². The van der Waals surface area contributed by atoms with Gasteiger partial charge in [-0.1, -0.05) is 13.8 Å². The zero-order valence-corrected chi connectivity index (χ0v) is 11.9. The molecule has 0 spiro atoms. The summed E-state index contributed by atoms with van der Waals surface area (Å²) in [6, 6.07) is 4.67. The summed E-state index contributed by atoms with van der Waals surface area (Å²) in [5.41, 5.74) is 5.81. The number of rotatable bonds is 6. The molecule has 0 aromatic heterocycles. The van der Waals surface area contributed by atoms with E-state index in [4.69, 9.17) is 10.5 Å². The Hall–Kier alpha value is -0.610. The number of hydrogen-bond acceptors (Lipinski definition) is 2. The predicted molar refractivity (Wildman–Crippen MR) is 71.7 cm³/mol. The van der Waals surface area contributed by atoms with Gasteiger partial charge in [0.1, 0.15) is 11.6 Å². The SMILES string of the molecule is CC(C)(CN)CCCOc1ccc(F)c(Br)c1. The van der Waals surface area contributed by atoms with Crippen LogP contribution in [0.15, 0.2) is 22.7 Å². The fourth-order valence-electron chi connectivity index (χ4n) is 1.41. The molecule has 96 valence electrons. The maximum absolute atomic E-state index is 13.0. The van der Waals surface area contributed by atoms with Crippen LogP contribution in [0.4, 0.5) is 4.39 Å². The second kappa shape index (κ2) is 6.36. The Balaban J connectivity index is 2.34. The summed E-state index contributed by atoms with van der Waals surface area (Å²) in [5.74, 6) is 0.408. The molecule has 0 bridgehead atoms. The Labute approximate surface area is 110 Å². The molecular formula is C13H19BrFNO. The molecule has 1 aromatic carbocycles. The molecule has 0 saturated carbocycles. The minimum Gasteiger partial charge on any atom is -0.494 e. The average Bonchev–Trinajstić information content (AvgIpc) is 2.29.